The van der Waals surface area contributed by atoms with Crippen LogP contribution in [-0.2, 0) is 4.79 Å². The van der Waals surface area contributed by atoms with Crippen LogP contribution in [0.2, 0.25) is 0 Å². The smallest absolute Gasteiger partial charge is 0.223 e. The second-order valence-electron chi connectivity index (χ2n) is 6.35. The zero-order valence-electron chi connectivity index (χ0n) is 14.0. The number of nitrogens with one attached hydrogen (secondary N) is 1. The molecule has 1 amide bonds. The lowest BCUT2D eigenvalue weighted by Gasteiger charge is -2.29. The first-order valence-corrected chi connectivity index (χ1v) is 8.64. The molecule has 1 aromatic rings. The maximum absolute atomic E-state index is 12.3. The van der Waals surface area contributed by atoms with Gasteiger partial charge in [0.2, 0.25) is 5.91 Å². The second-order valence-corrected chi connectivity index (χ2v) is 6.35. The molecule has 2 fully saturated rings. The first-order chi connectivity index (χ1) is 11.3. The number of hydrogen-bond donors (Lipinski definition) is 1. The topological polar surface area (TPSA) is 44.8 Å². The van der Waals surface area contributed by atoms with Gasteiger partial charge in [-0.2, -0.15) is 0 Å². The second kappa shape index (κ2) is 7.79. The van der Waals surface area contributed by atoms with Crippen LogP contribution in [0.25, 0.3) is 0 Å². The molecule has 0 aromatic heterocycles. The highest BCUT2D eigenvalue weighted by molar-refractivity contribution is 5.76. The van der Waals surface area contributed by atoms with Gasteiger partial charge in [0.1, 0.15) is 5.75 Å². The van der Waals surface area contributed by atoms with Crippen molar-refractivity contribution < 1.29 is 9.53 Å². The van der Waals surface area contributed by atoms with Crippen LogP contribution < -0.4 is 10.1 Å². The molecule has 23 heavy (non-hydrogen) atoms. The minimum atomic E-state index is 0.294. The van der Waals surface area contributed by atoms with Crippen molar-refractivity contribution >= 4 is 5.91 Å². The van der Waals surface area contributed by atoms with Crippen LogP contribution in [-0.4, -0.2) is 62.1 Å². The number of likely N-dealkylation sites (tertiary alicyclic amines) is 1. The summed E-state index contributed by atoms with van der Waals surface area (Å²) in [4.78, 5) is 16.8. The van der Waals surface area contributed by atoms with Gasteiger partial charge in [-0.3, -0.25) is 9.69 Å². The molecule has 0 aliphatic carbocycles. The minimum Gasteiger partial charge on any atom is -0.497 e. The predicted molar refractivity (Wildman–Crippen MR) is 90.6 cm³/mol. The molecule has 1 aromatic carbocycles. The summed E-state index contributed by atoms with van der Waals surface area (Å²) >= 11 is 0. The summed E-state index contributed by atoms with van der Waals surface area (Å²) in [6.45, 7) is 5.46. The van der Waals surface area contributed by atoms with Gasteiger partial charge in [0.15, 0.2) is 0 Å². The largest absolute Gasteiger partial charge is 0.497 e. The number of ether oxygens (including phenoxy) is 1. The van der Waals surface area contributed by atoms with Crippen molar-refractivity contribution in [2.45, 2.75) is 25.3 Å². The summed E-state index contributed by atoms with van der Waals surface area (Å²) in [5.74, 6) is 1.20. The van der Waals surface area contributed by atoms with Crippen molar-refractivity contribution in [1.29, 1.82) is 0 Å². The molecule has 2 saturated heterocycles. The highest BCUT2D eigenvalue weighted by atomic mass is 16.5. The Morgan fingerprint density at radius 2 is 2.13 bits per heavy atom. The number of methoxy groups -OCH3 is 1. The van der Waals surface area contributed by atoms with Gasteiger partial charge in [0, 0.05) is 45.2 Å². The molecular weight excluding hydrogens is 290 g/mol. The number of carbonyl (C=O) groups is 1. The number of benzene rings is 1. The molecule has 1 N–H and O–H groups in total. The first kappa shape index (κ1) is 16.3. The van der Waals surface area contributed by atoms with Gasteiger partial charge in [-0.1, -0.05) is 12.1 Å². The summed E-state index contributed by atoms with van der Waals surface area (Å²) < 4.78 is 5.34. The number of amides is 1. The van der Waals surface area contributed by atoms with Gasteiger partial charge in [0.25, 0.3) is 0 Å². The van der Waals surface area contributed by atoms with Gasteiger partial charge in [-0.15, -0.1) is 0 Å². The fourth-order valence-corrected chi connectivity index (χ4v) is 3.63. The van der Waals surface area contributed by atoms with Gasteiger partial charge in [-0.05, 0) is 37.1 Å². The quantitative estimate of drug-likeness (QED) is 0.897. The zero-order valence-corrected chi connectivity index (χ0v) is 14.0. The predicted octanol–water partition coefficient (Wildman–Crippen LogP) is 1.65. The number of nitrogens with zero attached hydrogens (tertiary/aromatic N) is 2. The van der Waals surface area contributed by atoms with Gasteiger partial charge < -0.3 is 15.0 Å². The van der Waals surface area contributed by atoms with Gasteiger partial charge in [0.05, 0.1) is 7.11 Å². The molecule has 0 spiro atoms. The van der Waals surface area contributed by atoms with Crippen LogP contribution in [0.1, 0.15) is 30.9 Å². The lowest BCUT2D eigenvalue weighted by atomic mass is 10.0. The minimum absolute atomic E-state index is 0.294. The normalized spacial score (nSPS) is 22.3. The van der Waals surface area contributed by atoms with Gasteiger partial charge in [-0.25, -0.2) is 0 Å². The number of hydrogen-bond acceptors (Lipinski definition) is 4. The van der Waals surface area contributed by atoms with Crippen LogP contribution in [0.5, 0.6) is 5.75 Å². The van der Waals surface area contributed by atoms with Crippen LogP contribution >= 0.6 is 0 Å². The molecule has 5 nitrogen and oxygen atoms in total. The van der Waals surface area contributed by atoms with E-state index < -0.39 is 0 Å². The van der Waals surface area contributed by atoms with Crippen molar-refractivity contribution in [3.05, 3.63) is 29.8 Å². The van der Waals surface area contributed by atoms with E-state index >= 15 is 0 Å². The molecule has 2 aliphatic heterocycles. The molecule has 1 atom stereocenters. The summed E-state index contributed by atoms with van der Waals surface area (Å²) in [6.07, 6.45) is 2.99. The summed E-state index contributed by atoms with van der Waals surface area (Å²) in [5.41, 5.74) is 1.30. The van der Waals surface area contributed by atoms with E-state index in [2.05, 4.69) is 28.4 Å². The van der Waals surface area contributed by atoms with Crippen molar-refractivity contribution in [3.63, 3.8) is 0 Å². The van der Waals surface area contributed by atoms with Gasteiger partial charge >= 0.3 is 0 Å². The van der Waals surface area contributed by atoms with Crippen LogP contribution in [0.4, 0.5) is 0 Å². The third kappa shape index (κ3) is 4.03. The van der Waals surface area contributed by atoms with Crippen LogP contribution in [0.15, 0.2) is 24.3 Å². The highest BCUT2D eigenvalue weighted by Gasteiger charge is 2.27. The maximum atomic E-state index is 12.3. The molecule has 126 valence electrons. The van der Waals surface area contributed by atoms with Crippen molar-refractivity contribution in [1.82, 2.24) is 15.1 Å². The van der Waals surface area contributed by atoms with Crippen molar-refractivity contribution in [2.75, 3.05) is 46.4 Å². The molecule has 1 unspecified atom stereocenters. The Kier molecular flexibility index (Phi) is 5.51. The lowest BCUT2D eigenvalue weighted by molar-refractivity contribution is -0.132. The van der Waals surface area contributed by atoms with Crippen molar-refractivity contribution in [2.24, 2.45) is 0 Å². The molecule has 3 rings (SSSR count). The Morgan fingerprint density at radius 1 is 1.30 bits per heavy atom. The fourth-order valence-electron chi connectivity index (χ4n) is 3.63. The van der Waals surface area contributed by atoms with E-state index in [0.29, 0.717) is 18.4 Å². The number of rotatable bonds is 5. The molecule has 2 heterocycles. The molecular formula is C18H27N3O2. The summed E-state index contributed by atoms with van der Waals surface area (Å²) in [6, 6.07) is 8.75. The Morgan fingerprint density at radius 3 is 2.91 bits per heavy atom. The van der Waals surface area contributed by atoms with Crippen LogP contribution in [0, 0.1) is 0 Å². The molecule has 2 aliphatic rings. The average Bonchev–Trinajstić information content (AvgIpc) is 3.09. The lowest BCUT2D eigenvalue weighted by Crippen LogP contribution is -2.47. The maximum Gasteiger partial charge on any atom is 0.223 e. The van der Waals surface area contributed by atoms with E-state index in [9.17, 15) is 4.79 Å². The van der Waals surface area contributed by atoms with E-state index in [1.54, 1.807) is 7.11 Å². The highest BCUT2D eigenvalue weighted by Crippen LogP contribution is 2.33. The third-order valence-electron chi connectivity index (χ3n) is 4.92. The monoisotopic (exact) mass is 317 g/mol. The molecule has 0 bridgehead atoms. The number of piperazine rings is 1. The Bertz CT molecular complexity index is 529. The summed E-state index contributed by atoms with van der Waals surface area (Å²) in [7, 11) is 1.71. The third-order valence-corrected chi connectivity index (χ3v) is 4.92. The Balaban J connectivity index is 1.57. The first-order valence-electron chi connectivity index (χ1n) is 8.64. The van der Waals surface area contributed by atoms with Crippen molar-refractivity contribution in [3.8, 4) is 5.75 Å². The fraction of sp³-hybridized carbons (Fsp3) is 0.611. The molecule has 5 heteroatoms. The Labute approximate surface area is 138 Å². The average molecular weight is 317 g/mol. The SMILES string of the molecule is COc1cccc(C2CCCN2CCC(=O)N2CCNCC2)c1. The number of carbonyl (C=O) groups excluding carboxylic acids is 1. The molecule has 0 radical (unpaired) electrons. The zero-order chi connectivity index (χ0) is 16.1. The van der Waals surface area contributed by atoms with E-state index in [1.165, 1.54) is 12.0 Å². The van der Waals surface area contributed by atoms with Crippen LogP contribution in [0.3, 0.4) is 0 Å². The Hall–Kier alpha value is -1.59. The van der Waals surface area contributed by atoms with E-state index in [4.69, 9.17) is 4.74 Å². The molecule has 0 saturated carbocycles. The van der Waals surface area contributed by atoms with E-state index in [-0.39, 0.29) is 0 Å². The van der Waals surface area contributed by atoms with E-state index in [0.717, 1.165) is 51.4 Å². The standard InChI is InChI=1S/C18H27N3O2/c1-23-16-5-2-4-15(14-16)17-6-3-10-20(17)11-7-18(22)21-12-8-19-9-13-21/h2,4-5,14,17,19H,3,6-13H2,1H3. The summed E-state index contributed by atoms with van der Waals surface area (Å²) in [5, 5.41) is 3.29. The van der Waals surface area contributed by atoms with E-state index in [1.807, 2.05) is 11.0 Å².